The highest BCUT2D eigenvalue weighted by atomic mass is 19.1. The van der Waals surface area contributed by atoms with Gasteiger partial charge in [0.15, 0.2) is 0 Å². The van der Waals surface area contributed by atoms with Crippen LogP contribution in [0.2, 0.25) is 0 Å². The molecule has 0 saturated heterocycles. The van der Waals surface area contributed by atoms with Crippen LogP contribution in [-0.2, 0) is 0 Å². The third kappa shape index (κ3) is 1.90. The van der Waals surface area contributed by atoms with Crippen molar-refractivity contribution >= 4 is 11.7 Å². The van der Waals surface area contributed by atoms with Crippen LogP contribution < -0.4 is 0 Å². The fourth-order valence-electron chi connectivity index (χ4n) is 1.46. The first-order chi connectivity index (χ1) is 8.50. The van der Waals surface area contributed by atoms with Crippen molar-refractivity contribution in [2.45, 2.75) is 0 Å². The number of nitro benzene ring substituents is 1. The molecule has 0 radical (unpaired) electrons. The highest BCUT2D eigenvalue weighted by Gasteiger charge is 2.22. The Morgan fingerprint density at radius 1 is 1.50 bits per heavy atom. The topological polar surface area (TPSA) is 98.3 Å². The summed E-state index contributed by atoms with van der Waals surface area (Å²) in [4.78, 5) is 20.8. The van der Waals surface area contributed by atoms with Crippen molar-refractivity contribution < 1.29 is 19.2 Å². The molecule has 2 aromatic rings. The van der Waals surface area contributed by atoms with E-state index in [0.717, 1.165) is 10.7 Å². The summed E-state index contributed by atoms with van der Waals surface area (Å²) in [6.45, 7) is 0. The van der Waals surface area contributed by atoms with Gasteiger partial charge in [0.05, 0.1) is 16.6 Å². The van der Waals surface area contributed by atoms with Crippen molar-refractivity contribution in [1.29, 1.82) is 0 Å². The number of aromatic nitrogens is 2. The van der Waals surface area contributed by atoms with Gasteiger partial charge in [0.1, 0.15) is 11.5 Å². The molecular formula is C10H6FN3O4. The van der Waals surface area contributed by atoms with Crippen LogP contribution in [0.4, 0.5) is 10.1 Å². The van der Waals surface area contributed by atoms with Gasteiger partial charge in [0.25, 0.3) is 5.69 Å². The number of carboxylic acid groups (broad SMARTS) is 1. The highest BCUT2D eigenvalue weighted by Crippen LogP contribution is 2.26. The number of hydrogen-bond acceptors (Lipinski definition) is 4. The molecule has 1 N–H and O–H groups in total. The Kier molecular flexibility index (Phi) is 2.76. The van der Waals surface area contributed by atoms with E-state index in [4.69, 9.17) is 5.11 Å². The molecule has 0 bridgehead atoms. The Labute approximate surface area is 99.2 Å². The van der Waals surface area contributed by atoms with E-state index in [1.807, 2.05) is 0 Å². The normalized spacial score (nSPS) is 10.3. The van der Waals surface area contributed by atoms with Gasteiger partial charge in [-0.2, -0.15) is 5.10 Å². The predicted octanol–water partition coefficient (Wildman–Crippen LogP) is 1.62. The van der Waals surface area contributed by atoms with E-state index in [1.165, 1.54) is 18.5 Å². The number of carboxylic acids is 1. The lowest BCUT2D eigenvalue weighted by atomic mass is 10.1. The lowest BCUT2D eigenvalue weighted by Gasteiger charge is -2.05. The first-order valence-electron chi connectivity index (χ1n) is 4.72. The van der Waals surface area contributed by atoms with Gasteiger partial charge >= 0.3 is 5.97 Å². The second-order valence-electron chi connectivity index (χ2n) is 3.33. The Bertz CT molecular complexity index is 624. The molecular weight excluding hydrogens is 245 g/mol. The Morgan fingerprint density at radius 3 is 2.72 bits per heavy atom. The number of benzene rings is 1. The summed E-state index contributed by atoms with van der Waals surface area (Å²) >= 11 is 0. The van der Waals surface area contributed by atoms with Gasteiger partial charge in [-0.25, -0.2) is 13.9 Å². The van der Waals surface area contributed by atoms with Crippen molar-refractivity contribution in [3.05, 3.63) is 52.1 Å². The molecule has 18 heavy (non-hydrogen) atoms. The number of nitro groups is 1. The van der Waals surface area contributed by atoms with Crippen molar-refractivity contribution in [2.24, 2.45) is 0 Å². The van der Waals surface area contributed by atoms with Crippen LogP contribution in [0.15, 0.2) is 30.6 Å². The van der Waals surface area contributed by atoms with Crippen molar-refractivity contribution in [1.82, 2.24) is 9.78 Å². The summed E-state index contributed by atoms with van der Waals surface area (Å²) in [7, 11) is 0. The second kappa shape index (κ2) is 4.24. The maximum Gasteiger partial charge on any atom is 0.338 e. The number of halogens is 1. The summed E-state index contributed by atoms with van der Waals surface area (Å²) in [5.74, 6) is -2.67. The molecule has 0 unspecified atom stereocenters. The van der Waals surface area contributed by atoms with E-state index in [0.29, 0.717) is 6.07 Å². The molecule has 0 aliphatic carbocycles. The predicted molar refractivity (Wildman–Crippen MR) is 57.1 cm³/mol. The van der Waals surface area contributed by atoms with E-state index in [9.17, 15) is 19.3 Å². The number of hydrogen-bond donors (Lipinski definition) is 1. The lowest BCUT2D eigenvalue weighted by molar-refractivity contribution is -0.384. The second-order valence-corrected chi connectivity index (χ2v) is 3.33. The van der Waals surface area contributed by atoms with E-state index in [2.05, 4.69) is 5.10 Å². The van der Waals surface area contributed by atoms with Gasteiger partial charge in [-0.05, 0) is 12.1 Å². The maximum absolute atomic E-state index is 13.4. The third-order valence-corrected chi connectivity index (χ3v) is 2.24. The van der Waals surface area contributed by atoms with Crippen LogP contribution in [0.5, 0.6) is 0 Å². The smallest absolute Gasteiger partial charge is 0.338 e. The zero-order chi connectivity index (χ0) is 13.3. The van der Waals surface area contributed by atoms with Gasteiger partial charge in [-0.1, -0.05) is 0 Å². The van der Waals surface area contributed by atoms with Gasteiger partial charge in [-0.15, -0.1) is 0 Å². The van der Waals surface area contributed by atoms with Gasteiger partial charge in [0, 0.05) is 12.4 Å². The van der Waals surface area contributed by atoms with Crippen LogP contribution >= 0.6 is 0 Å². The fraction of sp³-hybridized carbons (Fsp3) is 0. The fourth-order valence-corrected chi connectivity index (χ4v) is 1.46. The molecule has 0 saturated carbocycles. The maximum atomic E-state index is 13.4. The first kappa shape index (κ1) is 11.7. The molecule has 92 valence electrons. The van der Waals surface area contributed by atoms with Gasteiger partial charge in [-0.3, -0.25) is 10.1 Å². The summed E-state index contributed by atoms with van der Waals surface area (Å²) in [5, 5.41) is 23.3. The average molecular weight is 251 g/mol. The van der Waals surface area contributed by atoms with Crippen LogP contribution in [-0.4, -0.2) is 25.8 Å². The van der Waals surface area contributed by atoms with Gasteiger partial charge < -0.3 is 5.11 Å². The molecule has 2 rings (SSSR count). The molecule has 0 fully saturated rings. The van der Waals surface area contributed by atoms with Gasteiger partial charge in [0.2, 0.25) is 0 Å². The van der Waals surface area contributed by atoms with Crippen LogP contribution in [0.3, 0.4) is 0 Å². The Hall–Kier alpha value is -2.77. The third-order valence-electron chi connectivity index (χ3n) is 2.24. The number of carbonyl (C=O) groups is 1. The Morgan fingerprint density at radius 2 is 2.22 bits per heavy atom. The Balaban J connectivity index is 2.72. The van der Waals surface area contributed by atoms with Crippen LogP contribution in [0.1, 0.15) is 10.4 Å². The molecule has 0 amide bonds. The quantitative estimate of drug-likeness (QED) is 0.660. The standard InChI is InChI=1S/C10H6FN3O4/c11-7-5-9(14(17)18)8(4-6(7)10(15)16)13-3-1-2-12-13/h1-5H,(H,15,16). The summed E-state index contributed by atoms with van der Waals surface area (Å²) in [6, 6.07) is 2.96. The van der Waals surface area contributed by atoms with Crippen molar-refractivity contribution in [3.8, 4) is 5.69 Å². The van der Waals surface area contributed by atoms with Crippen molar-refractivity contribution in [2.75, 3.05) is 0 Å². The monoisotopic (exact) mass is 251 g/mol. The molecule has 0 aliphatic heterocycles. The van der Waals surface area contributed by atoms with Crippen molar-refractivity contribution in [3.63, 3.8) is 0 Å². The van der Waals surface area contributed by atoms with Crippen LogP contribution in [0, 0.1) is 15.9 Å². The SMILES string of the molecule is O=C(O)c1cc(-n2cccn2)c([N+](=O)[O-])cc1F. The largest absolute Gasteiger partial charge is 0.478 e. The van der Waals surface area contributed by atoms with E-state index in [-0.39, 0.29) is 5.69 Å². The molecule has 0 aliphatic rings. The minimum absolute atomic E-state index is 0.108. The average Bonchev–Trinajstić information content (AvgIpc) is 2.81. The molecule has 1 aromatic carbocycles. The summed E-state index contributed by atoms with van der Waals surface area (Å²) < 4.78 is 14.5. The molecule has 0 spiro atoms. The summed E-state index contributed by atoms with van der Waals surface area (Å²) in [5.41, 5.74) is -1.31. The minimum Gasteiger partial charge on any atom is -0.478 e. The van der Waals surface area contributed by atoms with E-state index in [1.54, 1.807) is 0 Å². The zero-order valence-electron chi connectivity index (χ0n) is 8.78. The number of nitrogens with zero attached hydrogens (tertiary/aromatic N) is 3. The highest BCUT2D eigenvalue weighted by molar-refractivity contribution is 5.89. The lowest BCUT2D eigenvalue weighted by Crippen LogP contribution is -2.07. The molecule has 8 heteroatoms. The zero-order valence-corrected chi connectivity index (χ0v) is 8.78. The van der Waals surface area contributed by atoms with E-state index < -0.39 is 28.0 Å². The molecule has 1 heterocycles. The first-order valence-corrected chi connectivity index (χ1v) is 4.72. The minimum atomic E-state index is -1.50. The number of rotatable bonds is 3. The van der Waals surface area contributed by atoms with Crippen LogP contribution in [0.25, 0.3) is 5.69 Å². The summed E-state index contributed by atoms with van der Waals surface area (Å²) in [6.07, 6.45) is 2.76. The number of aromatic carboxylic acids is 1. The molecule has 0 atom stereocenters. The molecule has 7 nitrogen and oxygen atoms in total. The van der Waals surface area contributed by atoms with E-state index >= 15 is 0 Å². The molecule has 1 aromatic heterocycles.